The molecule has 2 aliphatic rings. The Morgan fingerprint density at radius 3 is 2.30 bits per heavy atom. The standard InChI is InChI=1S/C25H29N5O8S2/c1-28-7-2-4-16(28)22(33)26-14-10-17(24(35)36)30(11-14)20(32)13-39-12-19(31)29-8-6-15(21(29)25(37)38)27-23(34)18-5-3-9-40-18/h2-5,7,9,14-15,17,21H,6,8,10-13H2,1H3,(H,26,33)(H,27,34)(H,35,36)(H,37,38). The number of nitrogens with zero attached hydrogens (tertiary/aromatic N) is 3. The van der Waals surface area contributed by atoms with Crippen molar-refractivity contribution in [2.24, 2.45) is 7.05 Å². The predicted molar refractivity (Wildman–Crippen MR) is 145 cm³/mol. The highest BCUT2D eigenvalue weighted by Crippen LogP contribution is 2.23. The highest BCUT2D eigenvalue weighted by Gasteiger charge is 2.43. The van der Waals surface area contributed by atoms with Crippen LogP contribution in [0.4, 0.5) is 0 Å². The molecular formula is C25H29N5O8S2. The van der Waals surface area contributed by atoms with Crippen LogP contribution in [-0.4, -0.2) is 109 Å². The summed E-state index contributed by atoms with van der Waals surface area (Å²) in [5.74, 6) is -4.61. The smallest absolute Gasteiger partial charge is 0.328 e. The quantitative estimate of drug-likeness (QED) is 0.298. The first-order chi connectivity index (χ1) is 19.1. The fourth-order valence-corrected chi connectivity index (χ4v) is 6.38. The fourth-order valence-electron chi connectivity index (χ4n) is 4.97. The van der Waals surface area contributed by atoms with E-state index in [1.807, 2.05) is 0 Å². The number of carboxylic acids is 2. The fraction of sp³-hybridized carbons (Fsp3) is 0.440. The summed E-state index contributed by atoms with van der Waals surface area (Å²) < 4.78 is 1.63. The molecule has 15 heteroatoms. The Balaban J connectivity index is 1.29. The van der Waals surface area contributed by atoms with E-state index in [1.54, 1.807) is 47.5 Å². The molecule has 0 bridgehead atoms. The summed E-state index contributed by atoms with van der Waals surface area (Å²) >= 11 is 2.18. The summed E-state index contributed by atoms with van der Waals surface area (Å²) in [7, 11) is 1.71. The van der Waals surface area contributed by atoms with Crippen molar-refractivity contribution >= 4 is 58.7 Å². The molecule has 0 saturated carbocycles. The number of nitrogens with one attached hydrogen (secondary N) is 2. The summed E-state index contributed by atoms with van der Waals surface area (Å²) in [6.07, 6.45) is 2.03. The van der Waals surface area contributed by atoms with Crippen LogP contribution in [0, 0.1) is 0 Å². The highest BCUT2D eigenvalue weighted by molar-refractivity contribution is 8.00. The first-order valence-corrected chi connectivity index (χ1v) is 14.5. The third kappa shape index (κ3) is 6.47. The number of aromatic nitrogens is 1. The van der Waals surface area contributed by atoms with Gasteiger partial charge in [0.1, 0.15) is 17.8 Å². The second-order valence-corrected chi connectivity index (χ2v) is 11.5. The normalized spacial score (nSPS) is 22.2. The molecule has 13 nitrogen and oxygen atoms in total. The van der Waals surface area contributed by atoms with Crippen molar-refractivity contribution in [2.45, 2.75) is 37.0 Å². The maximum atomic E-state index is 12.9. The highest BCUT2D eigenvalue weighted by atomic mass is 32.2. The van der Waals surface area contributed by atoms with Gasteiger partial charge in [-0.25, -0.2) is 9.59 Å². The lowest BCUT2D eigenvalue weighted by atomic mass is 10.1. The van der Waals surface area contributed by atoms with Gasteiger partial charge in [0.25, 0.3) is 11.8 Å². The van der Waals surface area contributed by atoms with Crippen LogP contribution in [-0.2, 0) is 26.2 Å². The second kappa shape index (κ2) is 12.6. The predicted octanol–water partition coefficient (Wildman–Crippen LogP) is 0.0878. The van der Waals surface area contributed by atoms with E-state index in [-0.39, 0.29) is 43.3 Å². The molecule has 2 aromatic rings. The zero-order valence-corrected chi connectivity index (χ0v) is 23.2. The Morgan fingerprint density at radius 1 is 0.975 bits per heavy atom. The molecule has 40 heavy (non-hydrogen) atoms. The molecule has 4 rings (SSSR count). The zero-order valence-electron chi connectivity index (χ0n) is 21.5. The van der Waals surface area contributed by atoms with Crippen LogP contribution in [0.5, 0.6) is 0 Å². The third-order valence-corrected chi connectivity index (χ3v) is 8.67. The van der Waals surface area contributed by atoms with E-state index in [9.17, 15) is 39.0 Å². The number of carboxylic acid groups (broad SMARTS) is 2. The summed E-state index contributed by atoms with van der Waals surface area (Å²) in [5.41, 5.74) is 0.403. The average molecular weight is 592 g/mol. The van der Waals surface area contributed by atoms with Gasteiger partial charge >= 0.3 is 11.9 Å². The number of carbonyl (C=O) groups is 6. The molecule has 0 aliphatic carbocycles. The number of thiophene rings is 1. The van der Waals surface area contributed by atoms with Crippen molar-refractivity contribution in [3.8, 4) is 0 Å². The summed E-state index contributed by atoms with van der Waals surface area (Å²) in [5, 5.41) is 26.6. The lowest BCUT2D eigenvalue weighted by Crippen LogP contribution is -2.51. The van der Waals surface area contributed by atoms with Gasteiger partial charge in [0.15, 0.2) is 0 Å². The van der Waals surface area contributed by atoms with Gasteiger partial charge in [-0.05, 0) is 30.0 Å². The number of hydrogen-bond acceptors (Lipinski definition) is 8. The number of amides is 4. The Labute approximate surface area is 237 Å². The second-order valence-electron chi connectivity index (χ2n) is 9.52. The van der Waals surface area contributed by atoms with E-state index in [4.69, 9.17) is 0 Å². The zero-order chi connectivity index (χ0) is 29.0. The van der Waals surface area contributed by atoms with Crippen LogP contribution in [0.1, 0.15) is 33.0 Å². The monoisotopic (exact) mass is 591 g/mol. The van der Waals surface area contributed by atoms with E-state index in [0.29, 0.717) is 10.6 Å². The van der Waals surface area contributed by atoms with Crippen LogP contribution in [0.15, 0.2) is 35.8 Å². The Bertz CT molecular complexity index is 1300. The topological polar surface area (TPSA) is 178 Å². The minimum atomic E-state index is -1.24. The molecule has 2 saturated heterocycles. The SMILES string of the molecule is Cn1cccc1C(=O)NC1CC(C(=O)O)N(C(=O)CSCC(=O)N2CCC(NC(=O)c3cccs3)C2C(=O)O)C1. The van der Waals surface area contributed by atoms with Gasteiger partial charge in [0.05, 0.1) is 22.4 Å². The van der Waals surface area contributed by atoms with Crippen molar-refractivity contribution in [1.29, 1.82) is 0 Å². The average Bonchev–Trinajstić information content (AvgIpc) is 3.69. The van der Waals surface area contributed by atoms with Gasteiger partial charge in [0.2, 0.25) is 11.8 Å². The van der Waals surface area contributed by atoms with Crippen molar-refractivity contribution in [1.82, 2.24) is 25.0 Å². The number of hydrogen-bond donors (Lipinski definition) is 4. The van der Waals surface area contributed by atoms with Crippen LogP contribution in [0.2, 0.25) is 0 Å². The number of likely N-dealkylation sites (tertiary alicyclic amines) is 2. The van der Waals surface area contributed by atoms with Gasteiger partial charge in [-0.15, -0.1) is 23.1 Å². The molecule has 4 heterocycles. The Morgan fingerprint density at radius 2 is 1.70 bits per heavy atom. The Kier molecular flexibility index (Phi) is 9.14. The Hall–Kier alpha value is -3.85. The number of aliphatic carboxylic acids is 2. The van der Waals surface area contributed by atoms with Gasteiger partial charge in [0, 0.05) is 38.8 Å². The number of aryl methyl sites for hydroxylation is 1. The molecular weight excluding hydrogens is 562 g/mol. The van der Waals surface area contributed by atoms with E-state index in [1.165, 1.54) is 21.1 Å². The maximum absolute atomic E-state index is 12.9. The third-order valence-electron chi connectivity index (χ3n) is 6.90. The number of thioether (sulfide) groups is 1. The molecule has 4 unspecified atom stereocenters. The molecule has 0 spiro atoms. The van der Waals surface area contributed by atoms with Gasteiger partial charge < -0.3 is 35.2 Å². The van der Waals surface area contributed by atoms with Gasteiger partial charge in [-0.3, -0.25) is 19.2 Å². The van der Waals surface area contributed by atoms with Crippen LogP contribution < -0.4 is 10.6 Å². The van der Waals surface area contributed by atoms with E-state index < -0.39 is 53.8 Å². The molecule has 0 radical (unpaired) electrons. The molecule has 2 fully saturated rings. The van der Waals surface area contributed by atoms with E-state index >= 15 is 0 Å². The van der Waals surface area contributed by atoms with E-state index in [2.05, 4.69) is 10.6 Å². The number of rotatable bonds is 10. The molecule has 2 aromatic heterocycles. The van der Waals surface area contributed by atoms with Crippen molar-refractivity contribution < 1.29 is 39.0 Å². The number of carbonyl (C=O) groups excluding carboxylic acids is 4. The minimum absolute atomic E-state index is 0.0132. The van der Waals surface area contributed by atoms with Crippen LogP contribution in [0.25, 0.3) is 0 Å². The first-order valence-electron chi connectivity index (χ1n) is 12.5. The molecule has 4 N–H and O–H groups in total. The lowest BCUT2D eigenvalue weighted by Gasteiger charge is -2.25. The molecule has 4 amide bonds. The largest absolute Gasteiger partial charge is 0.480 e. The van der Waals surface area contributed by atoms with Crippen molar-refractivity contribution in [3.63, 3.8) is 0 Å². The van der Waals surface area contributed by atoms with Crippen molar-refractivity contribution in [2.75, 3.05) is 24.6 Å². The van der Waals surface area contributed by atoms with Gasteiger partial charge in [-0.2, -0.15) is 0 Å². The molecule has 214 valence electrons. The van der Waals surface area contributed by atoms with Gasteiger partial charge in [-0.1, -0.05) is 6.07 Å². The summed E-state index contributed by atoms with van der Waals surface area (Å²) in [6, 6.07) is 2.99. The summed E-state index contributed by atoms with van der Waals surface area (Å²) in [6.45, 7) is 0.148. The maximum Gasteiger partial charge on any atom is 0.328 e. The van der Waals surface area contributed by atoms with Crippen molar-refractivity contribution in [3.05, 3.63) is 46.4 Å². The van der Waals surface area contributed by atoms with Crippen LogP contribution in [0.3, 0.4) is 0 Å². The minimum Gasteiger partial charge on any atom is -0.480 e. The molecule has 0 aromatic carbocycles. The lowest BCUT2D eigenvalue weighted by molar-refractivity contribution is -0.147. The van der Waals surface area contributed by atoms with Crippen LogP contribution >= 0.6 is 23.1 Å². The van der Waals surface area contributed by atoms with E-state index in [0.717, 1.165) is 11.8 Å². The summed E-state index contributed by atoms with van der Waals surface area (Å²) in [4.78, 5) is 77.3. The molecule has 2 aliphatic heterocycles. The first kappa shape index (κ1) is 29.1. The molecule has 4 atom stereocenters.